The number of aromatic carboxylic acids is 1. The number of hydrogen-bond donors (Lipinski definition) is 3. The summed E-state index contributed by atoms with van der Waals surface area (Å²) in [5.41, 5.74) is 1.92. The number of ether oxygens (including phenoxy) is 2. The monoisotopic (exact) mass is 494 g/mol. The molecular weight excluding hydrogens is 474 g/mol. The largest absolute Gasteiger partial charge is 0.586 e. The Balaban J connectivity index is 1.41. The number of rotatable bonds is 5. The van der Waals surface area contributed by atoms with Crippen molar-refractivity contribution in [1.82, 2.24) is 15.2 Å². The van der Waals surface area contributed by atoms with Crippen LogP contribution >= 0.6 is 0 Å². The Labute approximate surface area is 203 Å². The number of hydrogen-bond acceptors (Lipinski definition) is 6. The van der Waals surface area contributed by atoms with Gasteiger partial charge >= 0.3 is 12.3 Å². The van der Waals surface area contributed by atoms with Gasteiger partial charge in [0.05, 0.1) is 16.6 Å². The van der Waals surface area contributed by atoms with E-state index in [1.54, 1.807) is 44.2 Å². The number of pyridine rings is 1. The Kier molecular flexibility index (Phi) is 5.16. The van der Waals surface area contributed by atoms with Crippen molar-refractivity contribution in [2.75, 3.05) is 5.32 Å². The zero-order chi connectivity index (χ0) is 25.8. The number of H-pyrrole nitrogens is 1. The summed E-state index contributed by atoms with van der Waals surface area (Å²) < 4.78 is 35.7. The van der Waals surface area contributed by atoms with Crippen LogP contribution in [0.4, 0.5) is 14.6 Å². The Morgan fingerprint density at radius 2 is 1.81 bits per heavy atom. The number of aryl methyl sites for hydroxylation is 1. The van der Waals surface area contributed by atoms with Gasteiger partial charge in [-0.3, -0.25) is 9.89 Å². The van der Waals surface area contributed by atoms with Gasteiger partial charge in [-0.05, 0) is 62.2 Å². The highest BCUT2D eigenvalue weighted by Gasteiger charge is 2.44. The third-order valence-electron chi connectivity index (χ3n) is 6.07. The van der Waals surface area contributed by atoms with Crippen molar-refractivity contribution >= 4 is 28.6 Å². The van der Waals surface area contributed by atoms with Gasteiger partial charge in [-0.15, -0.1) is 8.78 Å². The van der Waals surface area contributed by atoms with E-state index in [1.165, 1.54) is 18.2 Å². The van der Waals surface area contributed by atoms with Crippen LogP contribution in [0, 0.1) is 6.92 Å². The molecule has 4 aromatic rings. The number of aromatic nitrogens is 3. The molecular formula is C25H20F2N4O5. The maximum absolute atomic E-state index is 13.4. The van der Waals surface area contributed by atoms with Crippen LogP contribution in [-0.2, 0) is 10.2 Å². The summed E-state index contributed by atoms with van der Waals surface area (Å²) in [5, 5.41) is 19.1. The van der Waals surface area contributed by atoms with Crippen LogP contribution in [0.15, 0.2) is 48.5 Å². The molecule has 184 valence electrons. The van der Waals surface area contributed by atoms with Gasteiger partial charge in [0, 0.05) is 10.9 Å². The fourth-order valence-electron chi connectivity index (χ4n) is 3.96. The van der Waals surface area contributed by atoms with E-state index in [0.29, 0.717) is 27.7 Å². The van der Waals surface area contributed by atoms with E-state index in [4.69, 9.17) is 0 Å². The Morgan fingerprint density at radius 3 is 2.56 bits per heavy atom. The van der Waals surface area contributed by atoms with Crippen LogP contribution in [-0.4, -0.2) is 38.5 Å². The van der Waals surface area contributed by atoms with E-state index in [1.807, 2.05) is 6.92 Å². The number of carboxylic acids is 1. The van der Waals surface area contributed by atoms with Crippen molar-refractivity contribution in [2.24, 2.45) is 0 Å². The highest BCUT2D eigenvalue weighted by atomic mass is 19.3. The molecule has 1 aliphatic rings. The SMILES string of the molecule is Cc1ccc(NC(=O)C(C)(C)c2ccc3c(c2)OC(F)(F)O3)nc1-c1ccc2c(C(=O)O)n[nH]c2c1. The molecule has 3 heterocycles. The van der Waals surface area contributed by atoms with E-state index >= 15 is 0 Å². The number of aromatic amines is 1. The molecule has 2 aromatic carbocycles. The number of fused-ring (bicyclic) bond motifs is 2. The molecule has 3 N–H and O–H groups in total. The lowest BCUT2D eigenvalue weighted by Crippen LogP contribution is -2.35. The van der Waals surface area contributed by atoms with Crippen molar-refractivity contribution in [1.29, 1.82) is 0 Å². The van der Waals surface area contributed by atoms with Gasteiger partial charge in [0.1, 0.15) is 5.82 Å². The van der Waals surface area contributed by atoms with Gasteiger partial charge in [-0.2, -0.15) is 5.10 Å². The standard InChI is InChI=1S/C25H20F2N4O5/c1-12-4-9-19(28-20(12)13-5-7-15-16(10-13)30-31-21(15)22(32)33)29-23(34)24(2,3)14-6-8-17-18(11-14)36-25(26,27)35-17/h4-11H,1-3H3,(H,30,31)(H,32,33)(H,28,29,34). The number of nitrogens with zero attached hydrogens (tertiary/aromatic N) is 2. The number of carbonyl (C=O) groups excluding carboxylic acids is 1. The minimum Gasteiger partial charge on any atom is -0.476 e. The van der Waals surface area contributed by atoms with Crippen molar-refractivity contribution in [3.63, 3.8) is 0 Å². The second kappa shape index (κ2) is 8.01. The molecule has 9 nitrogen and oxygen atoms in total. The molecule has 0 bridgehead atoms. The molecule has 0 radical (unpaired) electrons. The molecule has 5 rings (SSSR count). The van der Waals surface area contributed by atoms with Gasteiger partial charge in [0.15, 0.2) is 17.2 Å². The Bertz CT molecular complexity index is 1550. The number of anilines is 1. The van der Waals surface area contributed by atoms with E-state index in [-0.39, 0.29) is 23.0 Å². The molecule has 0 aliphatic carbocycles. The third-order valence-corrected chi connectivity index (χ3v) is 6.07. The van der Waals surface area contributed by atoms with Gasteiger partial charge in [-0.25, -0.2) is 9.78 Å². The molecule has 0 unspecified atom stereocenters. The van der Waals surface area contributed by atoms with E-state index in [9.17, 15) is 23.5 Å². The van der Waals surface area contributed by atoms with E-state index < -0.39 is 23.6 Å². The second-order valence-electron chi connectivity index (χ2n) is 8.91. The summed E-state index contributed by atoms with van der Waals surface area (Å²) in [6.45, 7) is 5.17. The van der Waals surface area contributed by atoms with Gasteiger partial charge < -0.3 is 19.9 Å². The smallest absolute Gasteiger partial charge is 0.476 e. The topological polar surface area (TPSA) is 126 Å². The Morgan fingerprint density at radius 1 is 1.06 bits per heavy atom. The first-order valence-electron chi connectivity index (χ1n) is 10.9. The third kappa shape index (κ3) is 3.98. The Hall–Kier alpha value is -4.54. The van der Waals surface area contributed by atoms with Crippen molar-refractivity contribution < 1.29 is 33.0 Å². The minimum atomic E-state index is -3.75. The second-order valence-corrected chi connectivity index (χ2v) is 8.91. The first kappa shape index (κ1) is 23.2. The zero-order valence-electron chi connectivity index (χ0n) is 19.3. The number of benzene rings is 2. The number of alkyl halides is 2. The number of amides is 1. The normalized spacial score (nSPS) is 14.1. The maximum atomic E-state index is 13.4. The lowest BCUT2D eigenvalue weighted by Gasteiger charge is -2.24. The van der Waals surface area contributed by atoms with Crippen LogP contribution < -0.4 is 14.8 Å². The molecule has 0 atom stereocenters. The molecule has 0 fully saturated rings. The van der Waals surface area contributed by atoms with Crippen LogP contribution in [0.2, 0.25) is 0 Å². The van der Waals surface area contributed by atoms with Crippen molar-refractivity contribution in [3.8, 4) is 22.8 Å². The number of halogens is 2. The van der Waals surface area contributed by atoms with Crippen LogP contribution in [0.3, 0.4) is 0 Å². The average molecular weight is 494 g/mol. The maximum Gasteiger partial charge on any atom is 0.586 e. The zero-order valence-corrected chi connectivity index (χ0v) is 19.3. The van der Waals surface area contributed by atoms with Crippen molar-refractivity contribution in [3.05, 3.63) is 65.4 Å². The van der Waals surface area contributed by atoms with Gasteiger partial charge in [-0.1, -0.05) is 18.2 Å². The minimum absolute atomic E-state index is 0.0725. The lowest BCUT2D eigenvalue weighted by atomic mass is 9.83. The predicted molar refractivity (Wildman–Crippen MR) is 125 cm³/mol. The van der Waals surface area contributed by atoms with Gasteiger partial charge in [0.25, 0.3) is 0 Å². The summed E-state index contributed by atoms with van der Waals surface area (Å²) in [4.78, 5) is 29.1. The van der Waals surface area contributed by atoms with E-state index in [2.05, 4.69) is 30.0 Å². The van der Waals surface area contributed by atoms with E-state index in [0.717, 1.165) is 5.56 Å². The van der Waals surface area contributed by atoms with Crippen LogP contribution in [0.25, 0.3) is 22.2 Å². The number of nitrogens with one attached hydrogen (secondary N) is 2. The summed E-state index contributed by atoms with van der Waals surface area (Å²) in [6.07, 6.45) is -3.75. The van der Waals surface area contributed by atoms with Crippen LogP contribution in [0.5, 0.6) is 11.5 Å². The van der Waals surface area contributed by atoms with Crippen molar-refractivity contribution in [2.45, 2.75) is 32.5 Å². The summed E-state index contributed by atoms with van der Waals surface area (Å²) >= 11 is 0. The molecule has 0 saturated heterocycles. The van der Waals surface area contributed by atoms with Crippen LogP contribution in [0.1, 0.15) is 35.5 Å². The highest BCUT2D eigenvalue weighted by molar-refractivity contribution is 6.02. The highest BCUT2D eigenvalue weighted by Crippen LogP contribution is 2.43. The van der Waals surface area contributed by atoms with Gasteiger partial charge in [0.2, 0.25) is 5.91 Å². The molecule has 2 aromatic heterocycles. The fraction of sp³-hybridized carbons (Fsp3) is 0.200. The molecule has 36 heavy (non-hydrogen) atoms. The molecule has 0 spiro atoms. The first-order chi connectivity index (χ1) is 16.9. The number of carbonyl (C=O) groups is 2. The fourth-order valence-corrected chi connectivity index (χ4v) is 3.96. The lowest BCUT2D eigenvalue weighted by molar-refractivity contribution is -0.286. The summed E-state index contributed by atoms with van der Waals surface area (Å²) in [6, 6.07) is 12.8. The molecule has 0 saturated carbocycles. The average Bonchev–Trinajstić information content (AvgIpc) is 3.38. The molecule has 1 aliphatic heterocycles. The quantitative estimate of drug-likeness (QED) is 0.361. The molecule has 1 amide bonds. The first-order valence-corrected chi connectivity index (χ1v) is 10.9. The summed E-state index contributed by atoms with van der Waals surface area (Å²) in [7, 11) is 0. The molecule has 11 heteroatoms. The summed E-state index contributed by atoms with van der Waals surface area (Å²) in [5.74, 6) is -1.50. The predicted octanol–water partition coefficient (Wildman–Crippen LogP) is 4.87. The number of carboxylic acid groups (broad SMARTS) is 1.